The molecule has 0 unspecified atom stereocenters. The highest BCUT2D eigenvalue weighted by Gasteiger charge is 2.08. The Balaban J connectivity index is 2.04. The number of aryl methyl sites for hydroxylation is 1. The normalized spacial score (nSPS) is 10.8. The summed E-state index contributed by atoms with van der Waals surface area (Å²) < 4.78 is 7.11. The maximum absolute atomic E-state index is 5.97. The van der Waals surface area contributed by atoms with Gasteiger partial charge in [-0.05, 0) is 11.6 Å². The second kappa shape index (κ2) is 4.85. The lowest BCUT2D eigenvalue weighted by Crippen LogP contribution is -1.94. The second-order valence-electron chi connectivity index (χ2n) is 4.07. The summed E-state index contributed by atoms with van der Waals surface area (Å²) in [5, 5.41) is 5.08. The van der Waals surface area contributed by atoms with Crippen LogP contribution in [0.2, 0.25) is 0 Å². The van der Waals surface area contributed by atoms with E-state index in [9.17, 15) is 0 Å². The van der Waals surface area contributed by atoms with Crippen molar-refractivity contribution in [2.75, 3.05) is 0 Å². The Bertz CT molecular complexity index is 725. The number of pyridine rings is 1. The fraction of sp³-hybridized carbons (Fsp3) is 0.154. The van der Waals surface area contributed by atoms with Gasteiger partial charge in [-0.15, -0.1) is 16.7 Å². The monoisotopic (exact) mass is 274 g/mol. The van der Waals surface area contributed by atoms with Gasteiger partial charge in [0, 0.05) is 24.4 Å². The highest BCUT2D eigenvalue weighted by atomic mass is 35.5. The van der Waals surface area contributed by atoms with Crippen LogP contribution in [0, 0.1) is 0 Å². The molecule has 0 aliphatic heterocycles. The first-order valence-electron chi connectivity index (χ1n) is 5.74. The van der Waals surface area contributed by atoms with Crippen molar-refractivity contribution in [1.82, 2.24) is 19.7 Å². The number of rotatable bonds is 3. The van der Waals surface area contributed by atoms with Crippen LogP contribution < -0.4 is 4.74 Å². The minimum atomic E-state index is 0.269. The van der Waals surface area contributed by atoms with E-state index in [4.69, 9.17) is 16.3 Å². The van der Waals surface area contributed by atoms with Gasteiger partial charge in [-0.2, -0.15) is 4.98 Å². The molecule has 0 N–H and O–H groups in total. The summed E-state index contributed by atoms with van der Waals surface area (Å²) in [5.41, 5.74) is 1.81. The van der Waals surface area contributed by atoms with Crippen molar-refractivity contribution in [3.8, 4) is 11.9 Å². The van der Waals surface area contributed by atoms with Crippen LogP contribution in [-0.2, 0) is 12.9 Å². The fourth-order valence-corrected chi connectivity index (χ4v) is 2.06. The van der Waals surface area contributed by atoms with Crippen LogP contribution in [0.25, 0.3) is 10.9 Å². The van der Waals surface area contributed by atoms with Crippen molar-refractivity contribution in [2.24, 2.45) is 7.05 Å². The van der Waals surface area contributed by atoms with Crippen molar-refractivity contribution in [2.45, 2.75) is 5.88 Å². The van der Waals surface area contributed by atoms with Gasteiger partial charge in [0.1, 0.15) is 6.33 Å². The molecule has 6 heteroatoms. The molecule has 3 rings (SSSR count). The number of aromatic nitrogens is 4. The topological polar surface area (TPSA) is 52.8 Å². The lowest BCUT2D eigenvalue weighted by molar-refractivity contribution is 0.424. The van der Waals surface area contributed by atoms with Crippen LogP contribution in [0.5, 0.6) is 11.9 Å². The third-order valence-electron chi connectivity index (χ3n) is 2.70. The summed E-state index contributed by atoms with van der Waals surface area (Å²) in [6.07, 6.45) is 1.57. The Morgan fingerprint density at radius 2 is 2.16 bits per heavy atom. The highest BCUT2D eigenvalue weighted by molar-refractivity contribution is 6.18. The van der Waals surface area contributed by atoms with Crippen molar-refractivity contribution in [1.29, 1.82) is 0 Å². The van der Waals surface area contributed by atoms with Gasteiger partial charge in [0.2, 0.25) is 5.88 Å². The molecule has 0 amide bonds. The Kier molecular flexibility index (Phi) is 3.05. The fourth-order valence-electron chi connectivity index (χ4n) is 1.84. The molecule has 19 heavy (non-hydrogen) atoms. The molecule has 0 fully saturated rings. The van der Waals surface area contributed by atoms with Crippen LogP contribution in [-0.4, -0.2) is 19.7 Å². The standard InChI is InChI=1S/C13H11ClN4O/c1-18-8-15-13(17-18)19-12-6-9(7-14)10-4-2-3-5-11(10)16-12/h2-6,8H,7H2,1H3. The number of halogens is 1. The van der Waals surface area contributed by atoms with Gasteiger partial charge in [0.25, 0.3) is 0 Å². The van der Waals surface area contributed by atoms with E-state index in [2.05, 4.69) is 15.1 Å². The molecule has 2 aromatic heterocycles. The molecule has 5 nitrogen and oxygen atoms in total. The molecule has 0 aliphatic carbocycles. The average molecular weight is 275 g/mol. The van der Waals surface area contributed by atoms with Gasteiger partial charge in [-0.1, -0.05) is 18.2 Å². The number of benzene rings is 1. The van der Waals surface area contributed by atoms with E-state index in [0.29, 0.717) is 11.8 Å². The van der Waals surface area contributed by atoms with Crippen molar-refractivity contribution >= 4 is 22.5 Å². The smallest absolute Gasteiger partial charge is 0.342 e. The molecular weight excluding hydrogens is 264 g/mol. The zero-order chi connectivity index (χ0) is 13.2. The Hall–Kier alpha value is -2.14. The molecule has 0 saturated heterocycles. The predicted molar refractivity (Wildman–Crippen MR) is 72.4 cm³/mol. The number of para-hydroxylation sites is 1. The summed E-state index contributed by atoms with van der Waals surface area (Å²) in [5.74, 6) is 0.843. The number of fused-ring (bicyclic) bond motifs is 1. The summed E-state index contributed by atoms with van der Waals surface area (Å²) in [6, 6.07) is 9.88. The predicted octanol–water partition coefficient (Wildman–Crippen LogP) is 2.89. The first-order chi connectivity index (χ1) is 9.26. The number of hydrogen-bond acceptors (Lipinski definition) is 4. The number of hydrogen-bond donors (Lipinski definition) is 0. The van der Waals surface area contributed by atoms with Gasteiger partial charge in [-0.3, -0.25) is 4.68 Å². The van der Waals surface area contributed by atoms with E-state index >= 15 is 0 Å². The van der Waals surface area contributed by atoms with Crippen LogP contribution >= 0.6 is 11.6 Å². The van der Waals surface area contributed by atoms with Crippen LogP contribution in [0.1, 0.15) is 5.56 Å². The van der Waals surface area contributed by atoms with E-state index in [1.54, 1.807) is 18.1 Å². The molecule has 3 aromatic rings. The lowest BCUT2D eigenvalue weighted by Gasteiger charge is -2.06. The van der Waals surface area contributed by atoms with Crippen LogP contribution in [0.4, 0.5) is 0 Å². The molecule has 0 atom stereocenters. The molecule has 0 aliphatic rings. The summed E-state index contributed by atoms with van der Waals surface area (Å²) in [4.78, 5) is 8.42. The maximum atomic E-state index is 5.97. The van der Waals surface area contributed by atoms with Gasteiger partial charge < -0.3 is 4.74 Å². The highest BCUT2D eigenvalue weighted by Crippen LogP contribution is 2.25. The lowest BCUT2D eigenvalue weighted by atomic mass is 10.1. The molecule has 0 spiro atoms. The number of ether oxygens (including phenoxy) is 1. The molecule has 96 valence electrons. The van der Waals surface area contributed by atoms with Gasteiger partial charge >= 0.3 is 6.01 Å². The average Bonchev–Trinajstić information content (AvgIpc) is 2.83. The third-order valence-corrected chi connectivity index (χ3v) is 2.98. The minimum absolute atomic E-state index is 0.269. The van der Waals surface area contributed by atoms with Gasteiger partial charge in [0.05, 0.1) is 5.52 Å². The maximum Gasteiger partial charge on any atom is 0.342 e. The molecule has 1 aromatic carbocycles. The number of alkyl halides is 1. The zero-order valence-corrected chi connectivity index (χ0v) is 11.0. The Morgan fingerprint density at radius 1 is 1.32 bits per heavy atom. The minimum Gasteiger partial charge on any atom is -0.404 e. The van der Waals surface area contributed by atoms with Gasteiger partial charge in [-0.25, -0.2) is 4.98 Å². The number of nitrogens with zero attached hydrogens (tertiary/aromatic N) is 4. The summed E-state index contributed by atoms with van der Waals surface area (Å²) in [6.45, 7) is 0. The second-order valence-corrected chi connectivity index (χ2v) is 4.34. The Morgan fingerprint density at radius 3 is 2.89 bits per heavy atom. The first kappa shape index (κ1) is 11.9. The molecule has 2 heterocycles. The van der Waals surface area contributed by atoms with E-state index in [0.717, 1.165) is 16.5 Å². The van der Waals surface area contributed by atoms with Crippen molar-refractivity contribution in [3.05, 3.63) is 42.2 Å². The molecular formula is C13H11ClN4O. The van der Waals surface area contributed by atoms with Crippen LogP contribution in [0.15, 0.2) is 36.7 Å². The summed E-state index contributed by atoms with van der Waals surface area (Å²) in [7, 11) is 1.78. The van der Waals surface area contributed by atoms with Crippen molar-refractivity contribution in [3.63, 3.8) is 0 Å². The van der Waals surface area contributed by atoms with E-state index in [-0.39, 0.29) is 6.01 Å². The Labute approximate surface area is 114 Å². The van der Waals surface area contributed by atoms with Crippen molar-refractivity contribution < 1.29 is 4.74 Å². The summed E-state index contributed by atoms with van der Waals surface area (Å²) >= 11 is 5.97. The third kappa shape index (κ3) is 2.37. The molecule has 0 radical (unpaired) electrons. The zero-order valence-electron chi connectivity index (χ0n) is 10.2. The first-order valence-corrected chi connectivity index (χ1v) is 6.28. The van der Waals surface area contributed by atoms with E-state index < -0.39 is 0 Å². The quantitative estimate of drug-likeness (QED) is 0.689. The SMILES string of the molecule is Cn1cnc(Oc2cc(CCl)c3ccccc3n2)n1. The van der Waals surface area contributed by atoms with Gasteiger partial charge in [0.15, 0.2) is 0 Å². The van der Waals surface area contributed by atoms with E-state index in [1.165, 1.54) is 0 Å². The molecule has 0 saturated carbocycles. The van der Waals surface area contributed by atoms with E-state index in [1.807, 2.05) is 30.3 Å². The largest absolute Gasteiger partial charge is 0.404 e. The van der Waals surface area contributed by atoms with Crippen LogP contribution in [0.3, 0.4) is 0 Å². The molecule has 0 bridgehead atoms.